The molecule has 0 unspecified atom stereocenters. The van der Waals surface area contributed by atoms with Crippen LogP contribution >= 0.6 is 15.9 Å². The number of aromatic nitrogens is 2. The molecule has 29 heavy (non-hydrogen) atoms. The van der Waals surface area contributed by atoms with Gasteiger partial charge in [-0.15, -0.1) is 0 Å². The summed E-state index contributed by atoms with van der Waals surface area (Å²) in [6.45, 7) is 4.23. The second-order valence-corrected chi connectivity index (χ2v) is 8.75. The van der Waals surface area contributed by atoms with Crippen molar-refractivity contribution in [3.8, 4) is 5.69 Å². The average Bonchev–Trinajstić information content (AvgIpc) is 3.22. The summed E-state index contributed by atoms with van der Waals surface area (Å²) in [7, 11) is 0. The summed E-state index contributed by atoms with van der Waals surface area (Å²) < 4.78 is 2.63. The summed E-state index contributed by atoms with van der Waals surface area (Å²) in [5.74, 6) is 0.478. The van der Waals surface area contributed by atoms with Crippen LogP contribution in [-0.4, -0.2) is 21.6 Å². The molecule has 0 aliphatic carbocycles. The number of nitrogens with zero attached hydrogens (tertiary/aromatic N) is 2. The molecule has 0 saturated heterocycles. The number of halogens is 1. The van der Waals surface area contributed by atoms with E-state index in [1.54, 1.807) is 10.9 Å². The Morgan fingerprint density at radius 3 is 2.55 bits per heavy atom. The highest BCUT2D eigenvalue weighted by molar-refractivity contribution is 9.10. The van der Waals surface area contributed by atoms with Gasteiger partial charge in [-0.25, -0.2) is 4.68 Å². The van der Waals surface area contributed by atoms with Crippen molar-refractivity contribution in [2.45, 2.75) is 31.6 Å². The van der Waals surface area contributed by atoms with E-state index in [0.29, 0.717) is 11.7 Å². The molecule has 2 amide bonds. The van der Waals surface area contributed by atoms with Gasteiger partial charge in [0.1, 0.15) is 11.2 Å². The summed E-state index contributed by atoms with van der Waals surface area (Å²) in [4.78, 5) is 26.0. The molecule has 146 valence electrons. The van der Waals surface area contributed by atoms with E-state index in [1.165, 1.54) is 0 Å². The smallest absolute Gasteiger partial charge is 0.240 e. The lowest BCUT2D eigenvalue weighted by Crippen LogP contribution is -2.43. The van der Waals surface area contributed by atoms with E-state index < -0.39 is 5.41 Å². The molecule has 2 aliphatic heterocycles. The van der Waals surface area contributed by atoms with Crippen LogP contribution in [0.2, 0.25) is 0 Å². The SMILES string of the molecule is CC(C)c1ccc2c(c1)[C@]1(CC(=O)Nc3c1cnn3-c1ccc(Br)cc1)C(=O)N2. The summed E-state index contributed by atoms with van der Waals surface area (Å²) in [6.07, 6.45) is 1.76. The number of carbonyl (C=O) groups is 2. The second kappa shape index (κ2) is 6.29. The second-order valence-electron chi connectivity index (χ2n) is 7.84. The quantitative estimate of drug-likeness (QED) is 0.609. The molecule has 3 aromatic rings. The normalized spacial score (nSPS) is 19.9. The summed E-state index contributed by atoms with van der Waals surface area (Å²) in [5.41, 5.74) is 3.20. The standard InChI is InChI=1S/C22H19BrN4O2/c1-12(2)13-3-8-18-16(9-13)22(21(29)25-18)10-19(28)26-20-17(22)11-24-27(20)15-6-4-14(23)5-7-15/h3-9,11-12H,10H2,1-2H3,(H,25,29)(H,26,28)/t22-/m0/s1. The first-order valence-electron chi connectivity index (χ1n) is 9.50. The van der Waals surface area contributed by atoms with E-state index in [0.717, 1.165) is 32.5 Å². The lowest BCUT2D eigenvalue weighted by molar-refractivity contribution is -0.125. The Bertz CT molecular complexity index is 1170. The molecule has 2 N–H and O–H groups in total. The van der Waals surface area contributed by atoms with Crippen molar-refractivity contribution in [2.75, 3.05) is 10.6 Å². The van der Waals surface area contributed by atoms with Gasteiger partial charge in [-0.05, 0) is 47.4 Å². The van der Waals surface area contributed by atoms with Gasteiger partial charge in [0, 0.05) is 22.1 Å². The number of hydrogen-bond acceptors (Lipinski definition) is 3. The van der Waals surface area contributed by atoms with Crippen LogP contribution in [0.4, 0.5) is 11.5 Å². The van der Waals surface area contributed by atoms with Crippen LogP contribution in [0.5, 0.6) is 0 Å². The first-order valence-corrected chi connectivity index (χ1v) is 10.3. The van der Waals surface area contributed by atoms with Gasteiger partial charge in [0.25, 0.3) is 0 Å². The molecule has 0 bridgehead atoms. The van der Waals surface area contributed by atoms with Crippen molar-refractivity contribution in [3.63, 3.8) is 0 Å². The van der Waals surface area contributed by atoms with E-state index in [1.807, 2.05) is 36.4 Å². The van der Waals surface area contributed by atoms with Gasteiger partial charge in [0.2, 0.25) is 11.8 Å². The van der Waals surface area contributed by atoms with Crippen LogP contribution in [0, 0.1) is 0 Å². The Balaban J connectivity index is 1.74. The predicted octanol–water partition coefficient (Wildman–Crippen LogP) is 4.34. The van der Waals surface area contributed by atoms with Crippen LogP contribution in [0.1, 0.15) is 42.9 Å². The van der Waals surface area contributed by atoms with E-state index >= 15 is 0 Å². The third-order valence-electron chi connectivity index (χ3n) is 5.79. The minimum atomic E-state index is -1.06. The van der Waals surface area contributed by atoms with Crippen molar-refractivity contribution >= 4 is 39.2 Å². The maximum Gasteiger partial charge on any atom is 0.240 e. The van der Waals surface area contributed by atoms with Crippen LogP contribution in [-0.2, 0) is 15.0 Å². The maximum absolute atomic E-state index is 13.3. The maximum atomic E-state index is 13.3. The fraction of sp³-hybridized carbons (Fsp3) is 0.227. The Morgan fingerprint density at radius 2 is 1.83 bits per heavy atom. The molecule has 6 nitrogen and oxygen atoms in total. The number of fused-ring (bicyclic) bond motifs is 4. The molecule has 0 saturated carbocycles. The minimum absolute atomic E-state index is 0.0619. The van der Waals surface area contributed by atoms with E-state index in [9.17, 15) is 9.59 Å². The van der Waals surface area contributed by atoms with Crippen LogP contribution in [0.25, 0.3) is 5.69 Å². The van der Waals surface area contributed by atoms with Crippen LogP contribution in [0.3, 0.4) is 0 Å². The number of carbonyl (C=O) groups excluding carboxylic acids is 2. The van der Waals surface area contributed by atoms with Gasteiger partial charge in [-0.3, -0.25) is 9.59 Å². The zero-order valence-corrected chi connectivity index (χ0v) is 17.6. The Hall–Kier alpha value is -2.93. The highest BCUT2D eigenvalue weighted by atomic mass is 79.9. The predicted molar refractivity (Wildman–Crippen MR) is 114 cm³/mol. The van der Waals surface area contributed by atoms with Gasteiger partial charge in [0.05, 0.1) is 11.9 Å². The molecule has 2 aliphatic rings. The molecular weight excluding hydrogens is 432 g/mol. The largest absolute Gasteiger partial charge is 0.325 e. The van der Waals surface area contributed by atoms with Crippen molar-refractivity contribution in [3.05, 3.63) is 69.8 Å². The van der Waals surface area contributed by atoms with Gasteiger partial charge in [-0.2, -0.15) is 5.10 Å². The van der Waals surface area contributed by atoms with E-state index in [-0.39, 0.29) is 18.2 Å². The highest BCUT2D eigenvalue weighted by Gasteiger charge is 2.54. The monoisotopic (exact) mass is 450 g/mol. The lowest BCUT2D eigenvalue weighted by Gasteiger charge is -2.32. The minimum Gasteiger partial charge on any atom is -0.325 e. The average molecular weight is 451 g/mol. The molecule has 1 spiro atoms. The fourth-order valence-corrected chi connectivity index (χ4v) is 4.51. The van der Waals surface area contributed by atoms with Crippen LogP contribution in [0.15, 0.2) is 53.1 Å². The van der Waals surface area contributed by atoms with Gasteiger partial charge in [0.15, 0.2) is 0 Å². The molecule has 1 aromatic heterocycles. The Labute approximate surface area is 176 Å². The number of benzene rings is 2. The first kappa shape index (κ1) is 18.1. The summed E-state index contributed by atoms with van der Waals surface area (Å²) >= 11 is 3.43. The highest BCUT2D eigenvalue weighted by Crippen LogP contribution is 2.50. The van der Waals surface area contributed by atoms with E-state index in [2.05, 4.69) is 51.6 Å². The molecule has 0 radical (unpaired) electrons. The van der Waals surface area contributed by atoms with Gasteiger partial charge < -0.3 is 10.6 Å². The molecule has 0 fully saturated rings. The first-order chi connectivity index (χ1) is 13.9. The topological polar surface area (TPSA) is 76.0 Å². The summed E-state index contributed by atoms with van der Waals surface area (Å²) in [6, 6.07) is 13.7. The molecule has 3 heterocycles. The zero-order valence-electron chi connectivity index (χ0n) is 16.0. The van der Waals surface area contributed by atoms with E-state index in [4.69, 9.17) is 0 Å². The number of amides is 2. The zero-order chi connectivity index (χ0) is 20.3. The van der Waals surface area contributed by atoms with Crippen molar-refractivity contribution in [1.82, 2.24) is 9.78 Å². The molecule has 5 rings (SSSR count). The molecule has 1 atom stereocenters. The number of hydrogen-bond donors (Lipinski definition) is 2. The Kier molecular flexibility index (Phi) is 3.93. The molecular formula is C22H19BrN4O2. The van der Waals surface area contributed by atoms with Crippen molar-refractivity contribution < 1.29 is 9.59 Å². The Morgan fingerprint density at radius 1 is 1.07 bits per heavy atom. The van der Waals surface area contributed by atoms with Crippen molar-refractivity contribution in [1.29, 1.82) is 0 Å². The third-order valence-corrected chi connectivity index (χ3v) is 6.32. The summed E-state index contributed by atoms with van der Waals surface area (Å²) in [5, 5.41) is 10.4. The number of rotatable bonds is 2. The number of nitrogens with one attached hydrogen (secondary N) is 2. The van der Waals surface area contributed by atoms with Crippen LogP contribution < -0.4 is 10.6 Å². The number of anilines is 2. The lowest BCUT2D eigenvalue weighted by atomic mass is 9.71. The van der Waals surface area contributed by atoms with Gasteiger partial charge >= 0.3 is 0 Å². The molecule has 2 aromatic carbocycles. The third kappa shape index (κ3) is 2.57. The fourth-order valence-electron chi connectivity index (χ4n) is 4.25. The van der Waals surface area contributed by atoms with Gasteiger partial charge in [-0.1, -0.05) is 41.9 Å². The molecule has 7 heteroatoms. The van der Waals surface area contributed by atoms with Crippen molar-refractivity contribution in [2.24, 2.45) is 0 Å².